The molecule has 0 saturated heterocycles. The molecule has 0 spiro atoms. The third-order valence-electron chi connectivity index (χ3n) is 6.33. The van der Waals surface area contributed by atoms with E-state index in [9.17, 15) is 9.90 Å². The van der Waals surface area contributed by atoms with Gasteiger partial charge in [-0.25, -0.2) is 0 Å². The fourth-order valence-electron chi connectivity index (χ4n) is 5.21. The maximum absolute atomic E-state index is 12.8. The van der Waals surface area contributed by atoms with Crippen LogP contribution in [-0.2, 0) is 23.7 Å². The van der Waals surface area contributed by atoms with Crippen LogP contribution in [0.4, 0.5) is 0 Å². The molecule has 1 unspecified atom stereocenters. The highest BCUT2D eigenvalue weighted by Crippen LogP contribution is 2.57. The second-order valence-electron chi connectivity index (χ2n) is 8.32. The molecule has 0 radical (unpaired) electrons. The number of ketones is 1. The minimum atomic E-state index is -0.544. The van der Waals surface area contributed by atoms with E-state index in [-0.39, 0.29) is 17.1 Å². The van der Waals surface area contributed by atoms with Crippen LogP contribution in [-0.4, -0.2) is 30.9 Å². The zero-order valence-corrected chi connectivity index (χ0v) is 15.8. The topological polar surface area (TPSA) is 94.0 Å². The molecule has 0 amide bonds. The highest BCUT2D eigenvalue weighted by molar-refractivity contribution is 6.01. The molecule has 2 aromatic rings. The average Bonchev–Trinajstić information content (AvgIpc) is 3.14. The van der Waals surface area contributed by atoms with Crippen LogP contribution in [0.3, 0.4) is 0 Å². The van der Waals surface area contributed by atoms with Crippen LogP contribution < -0.4 is 0 Å². The van der Waals surface area contributed by atoms with Gasteiger partial charge in [0.15, 0.2) is 5.78 Å². The zero-order valence-electron chi connectivity index (χ0n) is 15.8. The van der Waals surface area contributed by atoms with Crippen molar-refractivity contribution in [2.24, 2.45) is 18.4 Å². The first kappa shape index (κ1) is 17.0. The quantitative estimate of drug-likeness (QED) is 0.623. The van der Waals surface area contributed by atoms with Crippen LogP contribution >= 0.6 is 0 Å². The number of aliphatic hydroxyl groups is 1. The van der Waals surface area contributed by atoms with Crippen molar-refractivity contribution in [1.29, 1.82) is 0 Å². The highest BCUT2D eigenvalue weighted by atomic mass is 16.4. The highest BCUT2D eigenvalue weighted by Gasteiger charge is 2.57. The predicted molar refractivity (Wildman–Crippen MR) is 94.5 cm³/mol. The summed E-state index contributed by atoms with van der Waals surface area (Å²) in [6, 6.07) is 0. The number of aromatic nitrogens is 4. The van der Waals surface area contributed by atoms with E-state index in [0.717, 1.165) is 36.1 Å². The third-order valence-corrected chi connectivity index (χ3v) is 6.33. The van der Waals surface area contributed by atoms with Gasteiger partial charge < -0.3 is 9.52 Å². The number of aliphatic hydroxyl groups excluding tert-OH is 1. The number of Topliss-reactive ketones (excluding diaryl/α,β-unsaturated/α-hetero) is 1. The van der Waals surface area contributed by atoms with E-state index >= 15 is 0 Å². The molecule has 0 aromatic carbocycles. The van der Waals surface area contributed by atoms with Gasteiger partial charge in [0.1, 0.15) is 5.69 Å². The van der Waals surface area contributed by atoms with Crippen LogP contribution in [0, 0.1) is 18.3 Å². The molecule has 138 valence electrons. The molecule has 1 fully saturated rings. The molecule has 7 nitrogen and oxygen atoms in total. The molecular formula is C19H24N4O3. The van der Waals surface area contributed by atoms with Crippen LogP contribution in [0.15, 0.2) is 16.3 Å². The summed E-state index contributed by atoms with van der Waals surface area (Å²) < 4.78 is 7.46. The molecule has 7 heteroatoms. The van der Waals surface area contributed by atoms with Gasteiger partial charge in [0.2, 0.25) is 5.89 Å². The maximum Gasteiger partial charge on any atom is 0.266 e. The largest absolute Gasteiger partial charge is 0.515 e. The summed E-state index contributed by atoms with van der Waals surface area (Å²) in [6.07, 6.45) is 3.16. The summed E-state index contributed by atoms with van der Waals surface area (Å²) in [5, 5.41) is 22.6. The Hall–Kier alpha value is -2.44. The van der Waals surface area contributed by atoms with E-state index in [1.165, 1.54) is 0 Å². The minimum Gasteiger partial charge on any atom is -0.515 e. The normalized spacial score (nSPS) is 28.9. The molecule has 2 atom stereocenters. The Morgan fingerprint density at radius 1 is 1.31 bits per heavy atom. The predicted octanol–water partition coefficient (Wildman–Crippen LogP) is 3.04. The Labute approximate surface area is 152 Å². The molecule has 0 bridgehead atoms. The Morgan fingerprint density at radius 3 is 2.65 bits per heavy atom. The summed E-state index contributed by atoms with van der Waals surface area (Å²) in [7, 11) is 1.88. The Balaban J connectivity index is 1.91. The number of hydrogen-bond acceptors (Lipinski definition) is 6. The molecule has 1 saturated carbocycles. The number of allylic oxidation sites excluding steroid dienone is 1. The van der Waals surface area contributed by atoms with E-state index in [1.54, 1.807) is 11.6 Å². The van der Waals surface area contributed by atoms with Gasteiger partial charge in [0.25, 0.3) is 5.89 Å². The number of carbonyl (C=O) groups is 1. The van der Waals surface area contributed by atoms with Crippen molar-refractivity contribution in [3.8, 4) is 11.6 Å². The molecule has 0 aliphatic heterocycles. The fraction of sp³-hybridized carbons (Fsp3) is 0.579. The lowest BCUT2D eigenvalue weighted by atomic mass is 9.50. The van der Waals surface area contributed by atoms with Crippen LogP contribution in [0.1, 0.15) is 50.8 Å². The van der Waals surface area contributed by atoms with Crippen LogP contribution in [0.25, 0.3) is 11.6 Å². The fourth-order valence-corrected chi connectivity index (χ4v) is 5.21. The van der Waals surface area contributed by atoms with Crippen molar-refractivity contribution < 1.29 is 14.3 Å². The van der Waals surface area contributed by atoms with E-state index in [2.05, 4.69) is 17.1 Å². The van der Waals surface area contributed by atoms with Crippen LogP contribution in [0.5, 0.6) is 0 Å². The molecule has 26 heavy (non-hydrogen) atoms. The van der Waals surface area contributed by atoms with Crippen molar-refractivity contribution in [2.45, 2.75) is 52.4 Å². The van der Waals surface area contributed by atoms with Crippen molar-refractivity contribution in [3.05, 3.63) is 29.0 Å². The lowest BCUT2D eigenvalue weighted by Crippen LogP contribution is -2.53. The Kier molecular flexibility index (Phi) is 3.45. The summed E-state index contributed by atoms with van der Waals surface area (Å²) in [6.45, 7) is 7.89. The number of hydrogen-bond donors (Lipinski definition) is 1. The summed E-state index contributed by atoms with van der Waals surface area (Å²) in [5.74, 6) is 1.19. The maximum atomic E-state index is 12.8. The molecule has 2 heterocycles. The first-order chi connectivity index (χ1) is 12.2. The number of fused-ring (bicyclic) bond motifs is 3. The third kappa shape index (κ3) is 2.06. The van der Waals surface area contributed by atoms with Crippen LogP contribution in [0.2, 0.25) is 0 Å². The van der Waals surface area contributed by atoms with E-state index < -0.39 is 5.41 Å². The van der Waals surface area contributed by atoms with Gasteiger partial charge in [0, 0.05) is 35.9 Å². The number of rotatable bonds is 1. The van der Waals surface area contributed by atoms with Gasteiger partial charge in [-0.15, -0.1) is 10.2 Å². The monoisotopic (exact) mass is 356 g/mol. The van der Waals surface area contributed by atoms with Crippen molar-refractivity contribution >= 4 is 5.78 Å². The van der Waals surface area contributed by atoms with Gasteiger partial charge in [-0.1, -0.05) is 20.8 Å². The van der Waals surface area contributed by atoms with Gasteiger partial charge >= 0.3 is 0 Å². The molecule has 2 aliphatic rings. The molecular weight excluding hydrogens is 332 g/mol. The number of aryl methyl sites for hydroxylation is 2. The first-order valence-electron chi connectivity index (χ1n) is 8.95. The van der Waals surface area contributed by atoms with Gasteiger partial charge in [0.05, 0.1) is 12.0 Å². The van der Waals surface area contributed by atoms with Gasteiger partial charge in [-0.3, -0.25) is 9.48 Å². The smallest absolute Gasteiger partial charge is 0.266 e. The van der Waals surface area contributed by atoms with Crippen molar-refractivity contribution in [3.63, 3.8) is 0 Å². The average molecular weight is 356 g/mol. The van der Waals surface area contributed by atoms with E-state index in [0.29, 0.717) is 23.8 Å². The number of carbonyl (C=O) groups excluding carboxylic acids is 1. The number of nitrogens with zero attached hydrogens (tertiary/aromatic N) is 4. The summed E-state index contributed by atoms with van der Waals surface area (Å²) in [4.78, 5) is 12.8. The summed E-state index contributed by atoms with van der Waals surface area (Å²) >= 11 is 0. The van der Waals surface area contributed by atoms with E-state index in [4.69, 9.17) is 9.52 Å². The Morgan fingerprint density at radius 2 is 2.04 bits per heavy atom. The Bertz CT molecular complexity index is 937. The molecule has 4 rings (SSSR count). The standard InChI is InChI=1S/C19H24N4O3/c1-10-20-21-17(26-10)14-12-6-7-13-18(2,3)16(25)11(9-24)8-19(13,4)15(12)22-23(14)5/h9,13,24H,6-8H2,1-5H3/b11-9-/t13?,19-/m0/s1. The SMILES string of the molecule is Cc1nnc(-c2c3c(nn2C)[C@@]2(C)C/C(=C/O)C(=O)C(C)(C)C2CC3)o1. The van der Waals surface area contributed by atoms with E-state index in [1.807, 2.05) is 20.9 Å². The zero-order chi connectivity index (χ0) is 18.9. The lowest BCUT2D eigenvalue weighted by Gasteiger charge is -2.52. The lowest BCUT2D eigenvalue weighted by molar-refractivity contribution is -0.131. The summed E-state index contributed by atoms with van der Waals surface area (Å²) in [5.41, 5.74) is 2.54. The first-order valence-corrected chi connectivity index (χ1v) is 8.95. The molecule has 2 aromatic heterocycles. The second-order valence-corrected chi connectivity index (χ2v) is 8.32. The van der Waals surface area contributed by atoms with Crippen molar-refractivity contribution in [2.75, 3.05) is 0 Å². The van der Waals surface area contributed by atoms with Crippen molar-refractivity contribution in [1.82, 2.24) is 20.0 Å². The molecule has 1 N–H and O–H groups in total. The minimum absolute atomic E-state index is 0.0367. The van der Waals surface area contributed by atoms with Gasteiger partial charge in [-0.2, -0.15) is 5.10 Å². The second kappa shape index (κ2) is 5.28. The van der Waals surface area contributed by atoms with Gasteiger partial charge in [-0.05, 0) is 25.2 Å². The molecule has 2 aliphatic carbocycles.